The molecule has 0 aromatic heterocycles. The molecule has 2 saturated heterocycles. The van der Waals surface area contributed by atoms with Crippen LogP contribution in [-0.4, -0.2) is 32.7 Å². The highest BCUT2D eigenvalue weighted by Gasteiger charge is 2.42. The van der Waals surface area contributed by atoms with E-state index in [1.54, 1.807) is 0 Å². The van der Waals surface area contributed by atoms with Gasteiger partial charge in [-0.1, -0.05) is 11.6 Å². The van der Waals surface area contributed by atoms with Crippen LogP contribution in [0.2, 0.25) is 5.02 Å². The third-order valence-corrected chi connectivity index (χ3v) is 5.70. The summed E-state index contributed by atoms with van der Waals surface area (Å²) < 4.78 is 23.2. The summed E-state index contributed by atoms with van der Waals surface area (Å²) in [5.41, 5.74) is 0.354. The van der Waals surface area contributed by atoms with Gasteiger partial charge >= 0.3 is 0 Å². The summed E-state index contributed by atoms with van der Waals surface area (Å²) >= 11 is 6.05. The van der Waals surface area contributed by atoms with Crippen LogP contribution in [0.5, 0.6) is 0 Å². The van der Waals surface area contributed by atoms with Gasteiger partial charge in [-0.25, -0.2) is 8.42 Å². The van der Waals surface area contributed by atoms with Crippen molar-refractivity contribution in [2.45, 2.75) is 36.2 Å². The van der Waals surface area contributed by atoms with Gasteiger partial charge in [0.05, 0.1) is 21.5 Å². The Bertz CT molecular complexity index is 689. The van der Waals surface area contributed by atoms with Crippen LogP contribution in [0.25, 0.3) is 0 Å². The highest BCUT2D eigenvalue weighted by atomic mass is 35.5. The van der Waals surface area contributed by atoms with Crippen molar-refractivity contribution in [2.24, 2.45) is 5.92 Å². The molecule has 3 unspecified atom stereocenters. The van der Waals surface area contributed by atoms with Gasteiger partial charge < -0.3 is 10.6 Å². The minimum atomic E-state index is -3.33. The quantitative estimate of drug-likeness (QED) is 0.887. The predicted molar refractivity (Wildman–Crippen MR) is 81.2 cm³/mol. The summed E-state index contributed by atoms with van der Waals surface area (Å²) in [6, 6.07) is 5.00. The molecule has 1 aromatic carbocycles. The molecule has 1 aromatic rings. The number of carbonyl (C=O) groups excluding carboxylic acids is 1. The number of amides is 1. The van der Waals surface area contributed by atoms with Crippen LogP contribution in [0.15, 0.2) is 23.1 Å². The zero-order valence-corrected chi connectivity index (χ0v) is 13.2. The standard InChI is InChI=1S/C14H17ClN2O3S/c1-21(19,20)9-3-4-11(15)13(7-9)17-14(18)10-6-8-2-5-12(10)16-8/h3-4,7-8,10,12,16H,2,5-6H2,1H3,(H,17,18). The lowest BCUT2D eigenvalue weighted by atomic mass is 9.88. The summed E-state index contributed by atoms with van der Waals surface area (Å²) in [4.78, 5) is 12.5. The molecule has 2 bridgehead atoms. The SMILES string of the molecule is CS(=O)(=O)c1ccc(Cl)c(NC(=O)C2CC3CCC2N3)c1. The van der Waals surface area contributed by atoms with Gasteiger partial charge in [0, 0.05) is 18.3 Å². The second kappa shape index (κ2) is 5.26. The van der Waals surface area contributed by atoms with Gasteiger partial charge in [0.1, 0.15) is 0 Å². The maximum Gasteiger partial charge on any atom is 0.229 e. The maximum absolute atomic E-state index is 12.4. The molecular formula is C14H17ClN2O3S. The molecular weight excluding hydrogens is 312 g/mol. The number of rotatable bonds is 3. The van der Waals surface area contributed by atoms with Gasteiger partial charge in [0.25, 0.3) is 0 Å². The second-order valence-corrected chi connectivity index (χ2v) is 8.22. The lowest BCUT2D eigenvalue weighted by Crippen LogP contribution is -2.32. The maximum atomic E-state index is 12.4. The molecule has 2 heterocycles. The summed E-state index contributed by atoms with van der Waals surface area (Å²) in [7, 11) is -3.33. The number of sulfone groups is 1. The summed E-state index contributed by atoms with van der Waals surface area (Å²) in [6.07, 6.45) is 4.10. The van der Waals surface area contributed by atoms with E-state index in [-0.39, 0.29) is 22.8 Å². The zero-order valence-electron chi connectivity index (χ0n) is 11.6. The molecule has 2 N–H and O–H groups in total. The van der Waals surface area contributed by atoms with E-state index in [1.807, 2.05) is 0 Å². The van der Waals surface area contributed by atoms with Crippen LogP contribution in [0.3, 0.4) is 0 Å². The van der Waals surface area contributed by atoms with Crippen molar-refractivity contribution in [1.82, 2.24) is 5.32 Å². The second-order valence-electron chi connectivity index (χ2n) is 5.79. The van der Waals surface area contributed by atoms with Crippen LogP contribution in [0, 0.1) is 5.92 Å². The molecule has 7 heteroatoms. The Morgan fingerprint density at radius 1 is 1.38 bits per heavy atom. The minimum absolute atomic E-state index is 0.0679. The number of hydrogen-bond acceptors (Lipinski definition) is 4. The Morgan fingerprint density at radius 3 is 2.71 bits per heavy atom. The van der Waals surface area contributed by atoms with E-state index in [4.69, 9.17) is 11.6 Å². The number of fused-ring (bicyclic) bond motifs is 2. The van der Waals surface area contributed by atoms with E-state index < -0.39 is 9.84 Å². The number of halogens is 1. The molecule has 1 amide bonds. The van der Waals surface area contributed by atoms with E-state index in [0.29, 0.717) is 16.8 Å². The molecule has 3 rings (SSSR count). The van der Waals surface area contributed by atoms with Gasteiger partial charge in [0.15, 0.2) is 9.84 Å². The van der Waals surface area contributed by atoms with E-state index in [0.717, 1.165) is 25.5 Å². The number of hydrogen-bond donors (Lipinski definition) is 2. The first kappa shape index (κ1) is 14.8. The van der Waals surface area contributed by atoms with Crippen molar-refractivity contribution < 1.29 is 13.2 Å². The first-order valence-corrected chi connectivity index (χ1v) is 9.18. The Balaban J connectivity index is 1.80. The van der Waals surface area contributed by atoms with Crippen molar-refractivity contribution >= 4 is 33.0 Å². The van der Waals surface area contributed by atoms with Gasteiger partial charge in [-0.2, -0.15) is 0 Å². The Hall–Kier alpha value is -1.11. The van der Waals surface area contributed by atoms with Crippen molar-refractivity contribution in [3.05, 3.63) is 23.2 Å². The van der Waals surface area contributed by atoms with Crippen LogP contribution < -0.4 is 10.6 Å². The van der Waals surface area contributed by atoms with Crippen molar-refractivity contribution in [2.75, 3.05) is 11.6 Å². The van der Waals surface area contributed by atoms with Gasteiger partial charge in [-0.15, -0.1) is 0 Å². The summed E-state index contributed by atoms with van der Waals surface area (Å²) in [5, 5.41) is 6.52. The lowest BCUT2D eigenvalue weighted by molar-refractivity contribution is -0.120. The van der Waals surface area contributed by atoms with Crippen LogP contribution in [0.4, 0.5) is 5.69 Å². The van der Waals surface area contributed by atoms with Crippen LogP contribution in [0.1, 0.15) is 19.3 Å². The molecule has 0 saturated carbocycles. The molecule has 2 aliphatic heterocycles. The largest absolute Gasteiger partial charge is 0.324 e. The molecule has 0 radical (unpaired) electrons. The van der Waals surface area contributed by atoms with Crippen molar-refractivity contribution in [3.63, 3.8) is 0 Å². The topological polar surface area (TPSA) is 75.3 Å². The predicted octanol–water partition coefficient (Wildman–Crippen LogP) is 1.82. The third-order valence-electron chi connectivity index (χ3n) is 4.26. The first-order valence-electron chi connectivity index (χ1n) is 6.91. The highest BCUT2D eigenvalue weighted by Crippen LogP contribution is 2.34. The average Bonchev–Trinajstić information content (AvgIpc) is 3.02. The smallest absolute Gasteiger partial charge is 0.229 e. The number of nitrogens with one attached hydrogen (secondary N) is 2. The first-order chi connectivity index (χ1) is 9.84. The molecule has 3 atom stereocenters. The molecule has 0 spiro atoms. The molecule has 5 nitrogen and oxygen atoms in total. The van der Waals surface area contributed by atoms with E-state index >= 15 is 0 Å². The zero-order chi connectivity index (χ0) is 15.2. The molecule has 0 aliphatic carbocycles. The number of anilines is 1. The minimum Gasteiger partial charge on any atom is -0.324 e. The Labute approximate surface area is 129 Å². The Kier molecular flexibility index (Phi) is 3.71. The molecule has 21 heavy (non-hydrogen) atoms. The summed E-state index contributed by atoms with van der Waals surface area (Å²) in [5.74, 6) is -0.163. The number of benzene rings is 1. The van der Waals surface area contributed by atoms with Crippen molar-refractivity contribution in [3.8, 4) is 0 Å². The van der Waals surface area contributed by atoms with Gasteiger partial charge in [0.2, 0.25) is 5.91 Å². The molecule has 2 fully saturated rings. The molecule has 114 valence electrons. The van der Waals surface area contributed by atoms with E-state index in [9.17, 15) is 13.2 Å². The van der Waals surface area contributed by atoms with Crippen LogP contribution in [-0.2, 0) is 14.6 Å². The summed E-state index contributed by atoms with van der Waals surface area (Å²) in [6.45, 7) is 0. The molecule has 2 aliphatic rings. The van der Waals surface area contributed by atoms with Crippen molar-refractivity contribution in [1.29, 1.82) is 0 Å². The van der Waals surface area contributed by atoms with Gasteiger partial charge in [-0.3, -0.25) is 4.79 Å². The average molecular weight is 329 g/mol. The normalized spacial score (nSPS) is 27.8. The Morgan fingerprint density at radius 2 is 2.14 bits per heavy atom. The fourth-order valence-corrected chi connectivity index (χ4v) is 3.98. The van der Waals surface area contributed by atoms with Crippen LogP contribution >= 0.6 is 11.6 Å². The highest BCUT2D eigenvalue weighted by molar-refractivity contribution is 7.90. The van der Waals surface area contributed by atoms with E-state index in [2.05, 4.69) is 10.6 Å². The van der Waals surface area contributed by atoms with Gasteiger partial charge in [-0.05, 0) is 37.5 Å². The fraction of sp³-hybridized carbons (Fsp3) is 0.500. The third kappa shape index (κ3) is 2.93. The van der Waals surface area contributed by atoms with E-state index in [1.165, 1.54) is 18.2 Å². The lowest BCUT2D eigenvalue weighted by Gasteiger charge is -2.20. The monoisotopic (exact) mass is 328 g/mol. The number of carbonyl (C=O) groups is 1. The fourth-order valence-electron chi connectivity index (χ4n) is 3.17.